The summed E-state index contributed by atoms with van der Waals surface area (Å²) in [6.45, 7) is 0. The van der Waals surface area contributed by atoms with Crippen LogP contribution in [0.2, 0.25) is 0 Å². The van der Waals surface area contributed by atoms with Crippen LogP contribution < -0.4 is 21.5 Å². The molecule has 1 heterocycles. The van der Waals surface area contributed by atoms with Crippen LogP contribution in [0.25, 0.3) is 0 Å². The van der Waals surface area contributed by atoms with Gasteiger partial charge in [-0.3, -0.25) is 5.43 Å². The molecule has 0 radical (unpaired) electrons. The van der Waals surface area contributed by atoms with Crippen molar-refractivity contribution in [3.05, 3.63) is 28.7 Å². The highest BCUT2D eigenvalue weighted by Gasteiger charge is 2.07. The predicted molar refractivity (Wildman–Crippen MR) is 79.4 cm³/mol. The highest BCUT2D eigenvalue weighted by atomic mass is 79.9. The normalized spacial score (nSPS) is 10.1. The Morgan fingerprint density at radius 2 is 1.89 bits per heavy atom. The number of nitrogens with zero attached hydrogens (tertiary/aromatic N) is 4. The number of halogens is 1. The molecule has 0 aliphatic heterocycles. The fourth-order valence-electron chi connectivity index (χ4n) is 1.38. The third kappa shape index (κ3) is 3.52. The number of nitrogen functional groups attached to an aromatic ring is 1. The highest BCUT2D eigenvalue weighted by molar-refractivity contribution is 9.10. The lowest BCUT2D eigenvalue weighted by Gasteiger charge is -2.13. The molecular weight excluding hydrogens is 310 g/mol. The van der Waals surface area contributed by atoms with Gasteiger partial charge < -0.3 is 10.2 Å². The van der Waals surface area contributed by atoms with Gasteiger partial charge in [0.05, 0.1) is 0 Å². The fraction of sp³-hybridized carbons (Fsp3) is 0.182. The SMILES string of the molecule is CN(C)c1nc(NN)nc(Nc2cccc(Br)c2)n1. The molecule has 0 spiro atoms. The lowest BCUT2D eigenvalue weighted by molar-refractivity contribution is 0.957. The number of hydrogen-bond acceptors (Lipinski definition) is 7. The lowest BCUT2D eigenvalue weighted by atomic mass is 10.3. The summed E-state index contributed by atoms with van der Waals surface area (Å²) in [7, 11) is 3.69. The van der Waals surface area contributed by atoms with Crippen LogP contribution in [0.15, 0.2) is 28.7 Å². The van der Waals surface area contributed by atoms with E-state index in [0.717, 1.165) is 10.2 Å². The third-order valence-corrected chi connectivity index (χ3v) is 2.73. The molecule has 0 amide bonds. The monoisotopic (exact) mass is 323 g/mol. The zero-order chi connectivity index (χ0) is 13.8. The molecule has 1 aromatic heterocycles. The number of benzene rings is 1. The summed E-state index contributed by atoms with van der Waals surface area (Å²) in [6.07, 6.45) is 0. The van der Waals surface area contributed by atoms with Crippen LogP contribution >= 0.6 is 15.9 Å². The van der Waals surface area contributed by atoms with E-state index in [-0.39, 0.29) is 0 Å². The highest BCUT2D eigenvalue weighted by Crippen LogP contribution is 2.19. The number of anilines is 4. The largest absolute Gasteiger partial charge is 0.347 e. The summed E-state index contributed by atoms with van der Waals surface area (Å²) in [5.41, 5.74) is 3.29. The molecule has 0 unspecified atom stereocenters. The maximum absolute atomic E-state index is 5.35. The van der Waals surface area contributed by atoms with Crippen LogP contribution in [-0.2, 0) is 0 Å². The fourth-order valence-corrected chi connectivity index (χ4v) is 1.78. The molecule has 0 aliphatic carbocycles. The second-order valence-corrected chi connectivity index (χ2v) is 4.87. The quantitative estimate of drug-likeness (QED) is 0.583. The van der Waals surface area contributed by atoms with Crippen LogP contribution in [0, 0.1) is 0 Å². The van der Waals surface area contributed by atoms with E-state index in [1.807, 2.05) is 38.4 Å². The van der Waals surface area contributed by atoms with E-state index in [0.29, 0.717) is 17.8 Å². The number of nitrogens with two attached hydrogens (primary N) is 1. The van der Waals surface area contributed by atoms with Gasteiger partial charge in [-0.25, -0.2) is 5.84 Å². The number of rotatable bonds is 4. The van der Waals surface area contributed by atoms with Crippen molar-refractivity contribution in [2.45, 2.75) is 0 Å². The minimum atomic E-state index is 0.302. The van der Waals surface area contributed by atoms with Crippen molar-refractivity contribution in [3.63, 3.8) is 0 Å². The van der Waals surface area contributed by atoms with E-state index < -0.39 is 0 Å². The van der Waals surface area contributed by atoms with Gasteiger partial charge in [-0.05, 0) is 18.2 Å². The molecule has 7 nitrogen and oxygen atoms in total. The van der Waals surface area contributed by atoms with Gasteiger partial charge in [-0.15, -0.1) is 0 Å². The second kappa shape index (κ2) is 5.81. The Morgan fingerprint density at radius 1 is 1.16 bits per heavy atom. The van der Waals surface area contributed by atoms with E-state index in [1.165, 1.54) is 0 Å². The molecular formula is C11H14BrN7. The number of hydrazine groups is 1. The van der Waals surface area contributed by atoms with E-state index in [1.54, 1.807) is 4.90 Å². The molecule has 0 atom stereocenters. The Bertz CT molecular complexity index is 573. The maximum Gasteiger partial charge on any atom is 0.243 e. The minimum absolute atomic E-state index is 0.302. The van der Waals surface area contributed by atoms with Gasteiger partial charge in [-0.2, -0.15) is 15.0 Å². The molecule has 100 valence electrons. The van der Waals surface area contributed by atoms with Crippen molar-refractivity contribution in [2.75, 3.05) is 29.7 Å². The van der Waals surface area contributed by atoms with Gasteiger partial charge in [0, 0.05) is 24.3 Å². The Hall–Kier alpha value is -1.93. The summed E-state index contributed by atoms with van der Waals surface area (Å²) in [5.74, 6) is 6.59. The van der Waals surface area contributed by atoms with Gasteiger partial charge in [0.2, 0.25) is 17.8 Å². The first-order valence-electron chi connectivity index (χ1n) is 5.51. The van der Waals surface area contributed by atoms with Crippen molar-refractivity contribution < 1.29 is 0 Å². The molecule has 2 rings (SSSR count). The first kappa shape index (κ1) is 13.5. The molecule has 19 heavy (non-hydrogen) atoms. The van der Waals surface area contributed by atoms with Gasteiger partial charge in [0.15, 0.2) is 0 Å². The second-order valence-electron chi connectivity index (χ2n) is 3.96. The van der Waals surface area contributed by atoms with Gasteiger partial charge in [0.25, 0.3) is 0 Å². The summed E-state index contributed by atoms with van der Waals surface area (Å²) in [6, 6.07) is 7.70. The smallest absolute Gasteiger partial charge is 0.243 e. The molecule has 0 saturated heterocycles. The molecule has 4 N–H and O–H groups in total. The number of hydrogen-bond donors (Lipinski definition) is 3. The van der Waals surface area contributed by atoms with Crippen molar-refractivity contribution in [2.24, 2.45) is 5.84 Å². The van der Waals surface area contributed by atoms with E-state index in [4.69, 9.17) is 5.84 Å². The third-order valence-electron chi connectivity index (χ3n) is 2.23. The Labute approximate surface area is 119 Å². The van der Waals surface area contributed by atoms with E-state index >= 15 is 0 Å². The molecule has 0 saturated carbocycles. The molecule has 0 fully saturated rings. The van der Waals surface area contributed by atoms with Crippen molar-refractivity contribution in [1.29, 1.82) is 0 Å². The van der Waals surface area contributed by atoms with E-state index in [2.05, 4.69) is 41.6 Å². The number of nitrogens with one attached hydrogen (secondary N) is 2. The van der Waals surface area contributed by atoms with Gasteiger partial charge >= 0.3 is 0 Å². The van der Waals surface area contributed by atoms with Crippen LogP contribution in [0.1, 0.15) is 0 Å². The van der Waals surface area contributed by atoms with Gasteiger partial charge in [-0.1, -0.05) is 22.0 Å². The Morgan fingerprint density at radius 3 is 2.53 bits per heavy atom. The van der Waals surface area contributed by atoms with E-state index in [9.17, 15) is 0 Å². The van der Waals surface area contributed by atoms with Crippen molar-refractivity contribution >= 4 is 39.5 Å². The predicted octanol–water partition coefficient (Wildman–Crippen LogP) is 1.73. The standard InChI is InChI=1S/C11H14BrN7/c1-19(2)11-16-9(15-10(17-11)18-13)14-8-5-3-4-7(12)6-8/h3-6H,13H2,1-2H3,(H2,14,15,16,17,18). The average Bonchev–Trinajstić information content (AvgIpc) is 2.38. The molecule has 1 aromatic carbocycles. The molecule has 2 aromatic rings. The maximum atomic E-state index is 5.35. The summed E-state index contributed by atoms with van der Waals surface area (Å²) < 4.78 is 0.969. The van der Waals surface area contributed by atoms with Crippen LogP contribution in [0.5, 0.6) is 0 Å². The minimum Gasteiger partial charge on any atom is -0.347 e. The summed E-state index contributed by atoms with van der Waals surface area (Å²) in [4.78, 5) is 14.3. The Kier molecular flexibility index (Phi) is 4.13. The topological polar surface area (TPSA) is 92.0 Å². The summed E-state index contributed by atoms with van der Waals surface area (Å²) in [5, 5.41) is 3.10. The zero-order valence-electron chi connectivity index (χ0n) is 10.6. The first-order chi connectivity index (χ1) is 9.08. The van der Waals surface area contributed by atoms with Crippen LogP contribution in [-0.4, -0.2) is 29.0 Å². The Balaban J connectivity index is 2.31. The summed E-state index contributed by atoms with van der Waals surface area (Å²) >= 11 is 3.41. The van der Waals surface area contributed by atoms with Crippen LogP contribution in [0.3, 0.4) is 0 Å². The van der Waals surface area contributed by atoms with Gasteiger partial charge in [0.1, 0.15) is 0 Å². The average molecular weight is 324 g/mol. The molecule has 8 heteroatoms. The van der Waals surface area contributed by atoms with Crippen LogP contribution in [0.4, 0.5) is 23.5 Å². The molecule has 0 aliphatic rings. The molecule has 0 bridgehead atoms. The van der Waals surface area contributed by atoms with Crippen molar-refractivity contribution in [1.82, 2.24) is 15.0 Å². The zero-order valence-corrected chi connectivity index (χ0v) is 12.1. The lowest BCUT2D eigenvalue weighted by Crippen LogP contribution is -2.18. The van der Waals surface area contributed by atoms with Crippen molar-refractivity contribution in [3.8, 4) is 0 Å². The number of aromatic nitrogens is 3. The first-order valence-corrected chi connectivity index (χ1v) is 6.30.